The fraction of sp³-hybridized carbons (Fsp3) is 0.429. The molecule has 0 radical (unpaired) electrons. The van der Waals surface area contributed by atoms with Crippen molar-refractivity contribution in [3.63, 3.8) is 0 Å². The second-order valence-electron chi connectivity index (χ2n) is 9.64. The van der Waals surface area contributed by atoms with Gasteiger partial charge in [0.05, 0.1) is 6.15 Å². The summed E-state index contributed by atoms with van der Waals surface area (Å²) < 4.78 is 0. The zero-order valence-corrected chi connectivity index (χ0v) is 19.6. The minimum absolute atomic E-state index is 0.579. The van der Waals surface area contributed by atoms with Crippen LogP contribution in [0.2, 0.25) is 6.32 Å². The Kier molecular flexibility index (Phi) is 6.57. The standard InChI is InChI=1S/C28H38B/c1-8-9-16-29(26-17-20(2)10-13-23(26)5,27-18-21(3)11-14-24(27)6)28-19-22(4)12-15-25(28)7/h10-14,17-19,25H,8-9,15-16H2,1-7H3/q-1. The number of hydrogen-bond donors (Lipinski definition) is 0. The summed E-state index contributed by atoms with van der Waals surface area (Å²) in [7, 11) is 0. The highest BCUT2D eigenvalue weighted by Gasteiger charge is 2.35. The first-order chi connectivity index (χ1) is 13.8. The van der Waals surface area contributed by atoms with E-state index in [1.807, 2.05) is 0 Å². The molecule has 0 amide bonds. The van der Waals surface area contributed by atoms with Crippen LogP contribution in [0.4, 0.5) is 0 Å². The molecule has 2 aromatic rings. The summed E-state index contributed by atoms with van der Waals surface area (Å²) in [5.74, 6) is 0.579. The highest BCUT2D eigenvalue weighted by Crippen LogP contribution is 2.35. The Bertz CT molecular complexity index is 893. The third-order valence-corrected chi connectivity index (χ3v) is 7.25. The molecular formula is C28H38B-. The van der Waals surface area contributed by atoms with Gasteiger partial charge in [-0.15, -0.1) is 0 Å². The molecule has 2 aromatic carbocycles. The van der Waals surface area contributed by atoms with Crippen LogP contribution < -0.4 is 10.9 Å². The molecule has 3 rings (SSSR count). The second-order valence-corrected chi connectivity index (χ2v) is 9.64. The van der Waals surface area contributed by atoms with E-state index in [1.165, 1.54) is 47.0 Å². The van der Waals surface area contributed by atoms with Crippen molar-refractivity contribution in [2.24, 2.45) is 5.92 Å². The Morgan fingerprint density at radius 3 is 1.93 bits per heavy atom. The number of benzene rings is 2. The van der Waals surface area contributed by atoms with Gasteiger partial charge in [0.1, 0.15) is 0 Å². The van der Waals surface area contributed by atoms with E-state index >= 15 is 0 Å². The number of allylic oxidation sites excluding steroid dienone is 4. The van der Waals surface area contributed by atoms with Crippen LogP contribution in [0.15, 0.2) is 59.6 Å². The normalized spacial score (nSPS) is 17.1. The Labute approximate surface area is 179 Å². The van der Waals surface area contributed by atoms with Gasteiger partial charge in [-0.3, -0.25) is 0 Å². The van der Waals surface area contributed by atoms with Gasteiger partial charge >= 0.3 is 0 Å². The Hall–Kier alpha value is -2.02. The molecule has 1 unspecified atom stereocenters. The van der Waals surface area contributed by atoms with E-state index in [1.54, 1.807) is 16.4 Å². The van der Waals surface area contributed by atoms with Gasteiger partial charge in [-0.1, -0.05) is 109 Å². The van der Waals surface area contributed by atoms with Crippen molar-refractivity contribution in [2.45, 2.75) is 74.0 Å². The monoisotopic (exact) mass is 385 g/mol. The van der Waals surface area contributed by atoms with Crippen molar-refractivity contribution >= 4 is 17.1 Å². The summed E-state index contributed by atoms with van der Waals surface area (Å²) >= 11 is 0. The lowest BCUT2D eigenvalue weighted by Gasteiger charge is -2.50. The summed E-state index contributed by atoms with van der Waals surface area (Å²) in [5, 5.41) is 0. The van der Waals surface area contributed by atoms with Gasteiger partial charge < -0.3 is 0 Å². The minimum Gasteiger partial charge on any atom is -0.219 e. The van der Waals surface area contributed by atoms with Gasteiger partial charge in [0.15, 0.2) is 0 Å². The van der Waals surface area contributed by atoms with E-state index < -0.39 is 6.15 Å². The van der Waals surface area contributed by atoms with Crippen LogP contribution in [-0.2, 0) is 0 Å². The fourth-order valence-corrected chi connectivity index (χ4v) is 5.69. The predicted octanol–water partition coefficient (Wildman–Crippen LogP) is 6.74. The maximum atomic E-state index is 2.54. The molecule has 29 heavy (non-hydrogen) atoms. The van der Waals surface area contributed by atoms with Crippen LogP contribution in [0, 0.1) is 33.6 Å². The minimum atomic E-state index is -0.979. The SMILES string of the molecule is CCCC[B-](C1=CC(C)=CCC1C)(c1cc(C)ccc1C)c1cc(C)ccc1C. The van der Waals surface area contributed by atoms with Crippen molar-refractivity contribution in [1.29, 1.82) is 0 Å². The molecule has 0 saturated carbocycles. The summed E-state index contributed by atoms with van der Waals surface area (Å²) in [6.45, 7) is 16.2. The molecular weight excluding hydrogens is 347 g/mol. The van der Waals surface area contributed by atoms with Gasteiger partial charge in [-0.25, -0.2) is 5.47 Å². The molecule has 0 nitrogen and oxygen atoms in total. The molecule has 0 saturated heterocycles. The highest BCUT2D eigenvalue weighted by molar-refractivity contribution is 7.08. The average Bonchev–Trinajstić information content (AvgIpc) is 2.69. The van der Waals surface area contributed by atoms with Crippen molar-refractivity contribution in [2.75, 3.05) is 0 Å². The topological polar surface area (TPSA) is 0 Å². The second kappa shape index (κ2) is 8.78. The largest absolute Gasteiger partial charge is 0.219 e. The van der Waals surface area contributed by atoms with Gasteiger partial charge in [-0.2, -0.15) is 17.2 Å². The Balaban J connectivity index is 2.44. The highest BCUT2D eigenvalue weighted by atomic mass is 14.2. The van der Waals surface area contributed by atoms with Crippen LogP contribution >= 0.6 is 0 Å². The Morgan fingerprint density at radius 2 is 1.41 bits per heavy atom. The van der Waals surface area contributed by atoms with Crippen LogP contribution in [0.1, 0.15) is 62.3 Å². The maximum Gasteiger partial charge on any atom is 0.0782 e. The zero-order chi connectivity index (χ0) is 21.2. The van der Waals surface area contributed by atoms with E-state index in [0.29, 0.717) is 5.92 Å². The molecule has 1 atom stereocenters. The van der Waals surface area contributed by atoms with Crippen molar-refractivity contribution in [3.8, 4) is 0 Å². The quantitative estimate of drug-likeness (QED) is 0.483. The smallest absolute Gasteiger partial charge is 0.0782 e. The number of aryl methyl sites for hydroxylation is 4. The molecule has 0 fully saturated rings. The summed E-state index contributed by atoms with van der Waals surface area (Å²) in [6, 6.07) is 14.2. The zero-order valence-electron chi connectivity index (χ0n) is 19.6. The molecule has 154 valence electrons. The van der Waals surface area contributed by atoms with Crippen LogP contribution in [0.25, 0.3) is 0 Å². The first-order valence-corrected chi connectivity index (χ1v) is 11.5. The summed E-state index contributed by atoms with van der Waals surface area (Å²) in [5.41, 5.74) is 11.9. The fourth-order valence-electron chi connectivity index (χ4n) is 5.69. The summed E-state index contributed by atoms with van der Waals surface area (Å²) in [6.07, 6.45) is 8.85. The third kappa shape index (κ3) is 4.15. The van der Waals surface area contributed by atoms with Gasteiger partial charge in [0.25, 0.3) is 0 Å². The van der Waals surface area contributed by atoms with Gasteiger partial charge in [-0.05, 0) is 41.0 Å². The molecule has 0 N–H and O–H groups in total. The van der Waals surface area contributed by atoms with Crippen molar-refractivity contribution in [1.82, 2.24) is 0 Å². The summed E-state index contributed by atoms with van der Waals surface area (Å²) in [4.78, 5) is 0. The lowest BCUT2D eigenvalue weighted by Crippen LogP contribution is -2.63. The number of unbranched alkanes of at least 4 members (excludes halogenated alkanes) is 1. The number of hydrogen-bond acceptors (Lipinski definition) is 0. The van der Waals surface area contributed by atoms with E-state index in [2.05, 4.69) is 97.0 Å². The van der Waals surface area contributed by atoms with Crippen molar-refractivity contribution < 1.29 is 0 Å². The Morgan fingerprint density at radius 1 is 0.862 bits per heavy atom. The molecule has 0 spiro atoms. The first kappa shape index (κ1) is 21.7. The van der Waals surface area contributed by atoms with Gasteiger partial charge in [0, 0.05) is 0 Å². The molecule has 0 aromatic heterocycles. The molecule has 1 aliphatic carbocycles. The maximum absolute atomic E-state index is 2.54. The average molecular weight is 385 g/mol. The van der Waals surface area contributed by atoms with Crippen LogP contribution in [0.3, 0.4) is 0 Å². The van der Waals surface area contributed by atoms with Crippen LogP contribution in [0.5, 0.6) is 0 Å². The van der Waals surface area contributed by atoms with Gasteiger partial charge in [0.2, 0.25) is 0 Å². The van der Waals surface area contributed by atoms with E-state index in [0.717, 1.165) is 6.42 Å². The molecule has 1 aliphatic rings. The van der Waals surface area contributed by atoms with E-state index in [-0.39, 0.29) is 0 Å². The first-order valence-electron chi connectivity index (χ1n) is 11.5. The third-order valence-electron chi connectivity index (χ3n) is 7.25. The lowest BCUT2D eigenvalue weighted by atomic mass is 9.11. The molecule has 0 aliphatic heterocycles. The van der Waals surface area contributed by atoms with Crippen molar-refractivity contribution in [3.05, 3.63) is 81.8 Å². The number of rotatable bonds is 6. The molecule has 0 heterocycles. The van der Waals surface area contributed by atoms with Crippen LogP contribution in [-0.4, -0.2) is 6.15 Å². The predicted molar refractivity (Wildman–Crippen MR) is 132 cm³/mol. The molecule has 0 bridgehead atoms. The van der Waals surface area contributed by atoms with E-state index in [9.17, 15) is 0 Å². The lowest BCUT2D eigenvalue weighted by molar-refractivity contribution is 0.706. The van der Waals surface area contributed by atoms with E-state index in [4.69, 9.17) is 0 Å². The molecule has 1 heteroatoms.